The number of piperidine rings is 1. The summed E-state index contributed by atoms with van der Waals surface area (Å²) in [6.07, 6.45) is 12.8. The lowest BCUT2D eigenvalue weighted by Gasteiger charge is -2.33. The van der Waals surface area contributed by atoms with Crippen LogP contribution in [0.4, 0.5) is 0 Å². The van der Waals surface area contributed by atoms with Crippen molar-refractivity contribution in [3.63, 3.8) is 0 Å². The van der Waals surface area contributed by atoms with E-state index >= 15 is 0 Å². The fourth-order valence-electron chi connectivity index (χ4n) is 4.44. The van der Waals surface area contributed by atoms with Gasteiger partial charge in [-0.15, -0.1) is 0 Å². The molecule has 0 bridgehead atoms. The lowest BCUT2D eigenvalue weighted by molar-refractivity contribution is 0.156. The van der Waals surface area contributed by atoms with E-state index in [0.717, 1.165) is 63.5 Å². The molecule has 1 saturated heterocycles. The van der Waals surface area contributed by atoms with Crippen molar-refractivity contribution in [1.82, 2.24) is 19.5 Å². The van der Waals surface area contributed by atoms with Gasteiger partial charge in [-0.05, 0) is 43.7 Å². The number of hydrogen-bond donors (Lipinski definition) is 2. The third kappa shape index (κ3) is 4.11. The molecule has 1 aliphatic carbocycles. The van der Waals surface area contributed by atoms with Gasteiger partial charge in [0.2, 0.25) is 5.88 Å². The average Bonchev–Trinajstić information content (AvgIpc) is 2.75. The highest BCUT2D eigenvalue weighted by Gasteiger charge is 2.25. The molecule has 3 heterocycles. The van der Waals surface area contributed by atoms with Crippen molar-refractivity contribution in [2.75, 3.05) is 6.54 Å². The van der Waals surface area contributed by atoms with Crippen LogP contribution in [-0.4, -0.2) is 37.4 Å². The first-order valence-corrected chi connectivity index (χ1v) is 10.4. The highest BCUT2D eigenvalue weighted by molar-refractivity contribution is 5.81. The van der Waals surface area contributed by atoms with Gasteiger partial charge in [-0.1, -0.05) is 25.3 Å². The first-order valence-electron chi connectivity index (χ1n) is 10.4. The van der Waals surface area contributed by atoms with E-state index in [0.29, 0.717) is 0 Å². The smallest absolute Gasteiger partial charge is 0.331 e. The van der Waals surface area contributed by atoms with Crippen molar-refractivity contribution >= 4 is 6.21 Å². The zero-order valence-corrected chi connectivity index (χ0v) is 16.5. The number of pyridine rings is 1. The Morgan fingerprint density at radius 2 is 1.93 bits per heavy atom. The molecule has 1 aliphatic heterocycles. The minimum atomic E-state index is -0.613. The molecule has 0 spiro atoms. The van der Waals surface area contributed by atoms with Crippen molar-refractivity contribution < 1.29 is 5.11 Å². The van der Waals surface area contributed by atoms with Crippen LogP contribution in [0.1, 0.15) is 74.6 Å². The van der Waals surface area contributed by atoms with Crippen LogP contribution in [0.5, 0.6) is 5.88 Å². The molecule has 2 N–H and O–H groups in total. The fourth-order valence-corrected chi connectivity index (χ4v) is 4.44. The van der Waals surface area contributed by atoms with Crippen LogP contribution in [0.3, 0.4) is 0 Å². The molecule has 1 atom stereocenters. The standard InChI is InChI=1S/C21H27N5O3/c27-19-17(20(28)26(21(29)24-19)16-8-2-1-3-9-16)14-23-25-12-5-4-10-18(25)15-7-6-11-22-13-15/h6-7,11,13-14,16,18,28H,1-5,8-10,12H2,(H,24,27,29)/t18-/m1/s1. The number of aromatic nitrogens is 3. The number of hydrazone groups is 1. The van der Waals surface area contributed by atoms with Crippen LogP contribution in [0.2, 0.25) is 0 Å². The van der Waals surface area contributed by atoms with Gasteiger partial charge in [-0.3, -0.25) is 24.3 Å². The minimum absolute atomic E-state index is 0.0330. The summed E-state index contributed by atoms with van der Waals surface area (Å²) in [5.41, 5.74) is -0.0543. The SMILES string of the molecule is O=c1[nH]c(=O)n(C2CCCCC2)c(O)c1C=NN1CCCC[C@@H]1c1cccnc1. The monoisotopic (exact) mass is 397 g/mol. The maximum absolute atomic E-state index is 12.4. The summed E-state index contributed by atoms with van der Waals surface area (Å²) in [5.74, 6) is -0.288. The summed E-state index contributed by atoms with van der Waals surface area (Å²) in [7, 11) is 0. The second-order valence-electron chi connectivity index (χ2n) is 7.86. The molecule has 2 fully saturated rings. The van der Waals surface area contributed by atoms with Gasteiger partial charge < -0.3 is 5.11 Å². The zero-order chi connectivity index (χ0) is 20.2. The summed E-state index contributed by atoms with van der Waals surface area (Å²) in [6, 6.07) is 3.93. The van der Waals surface area contributed by atoms with Crippen molar-refractivity contribution in [3.05, 3.63) is 56.5 Å². The minimum Gasteiger partial charge on any atom is -0.494 e. The van der Waals surface area contributed by atoms with Crippen LogP contribution in [0.15, 0.2) is 39.2 Å². The molecule has 2 aliphatic rings. The van der Waals surface area contributed by atoms with Crippen LogP contribution in [0.25, 0.3) is 0 Å². The summed E-state index contributed by atoms with van der Waals surface area (Å²) >= 11 is 0. The summed E-state index contributed by atoms with van der Waals surface area (Å²) in [6.45, 7) is 0.761. The lowest BCUT2D eigenvalue weighted by Crippen LogP contribution is -2.35. The first kappa shape index (κ1) is 19.4. The van der Waals surface area contributed by atoms with E-state index in [4.69, 9.17) is 0 Å². The Balaban J connectivity index is 1.65. The third-order valence-electron chi connectivity index (χ3n) is 5.97. The van der Waals surface area contributed by atoms with Gasteiger partial charge >= 0.3 is 5.69 Å². The largest absolute Gasteiger partial charge is 0.494 e. The Bertz CT molecular complexity index is 976. The predicted octanol–water partition coefficient (Wildman–Crippen LogP) is 2.70. The molecular formula is C21H27N5O3. The normalized spacial score (nSPS) is 21.0. The number of aromatic hydroxyl groups is 1. The van der Waals surface area contributed by atoms with Gasteiger partial charge in [0.15, 0.2) is 0 Å². The highest BCUT2D eigenvalue weighted by Crippen LogP contribution is 2.31. The maximum Gasteiger partial charge on any atom is 0.331 e. The number of hydrogen-bond acceptors (Lipinski definition) is 6. The average molecular weight is 397 g/mol. The number of aromatic amines is 1. The van der Waals surface area contributed by atoms with Gasteiger partial charge in [0.1, 0.15) is 5.56 Å². The molecule has 1 saturated carbocycles. The topological polar surface area (TPSA) is 104 Å². The molecule has 29 heavy (non-hydrogen) atoms. The van der Waals surface area contributed by atoms with E-state index in [1.807, 2.05) is 23.3 Å². The Morgan fingerprint density at radius 1 is 1.14 bits per heavy atom. The van der Waals surface area contributed by atoms with Gasteiger partial charge in [0.25, 0.3) is 5.56 Å². The lowest BCUT2D eigenvalue weighted by atomic mass is 9.95. The van der Waals surface area contributed by atoms with Crippen molar-refractivity contribution in [3.8, 4) is 5.88 Å². The van der Waals surface area contributed by atoms with Crippen molar-refractivity contribution in [1.29, 1.82) is 0 Å². The van der Waals surface area contributed by atoms with Crippen LogP contribution in [-0.2, 0) is 0 Å². The van der Waals surface area contributed by atoms with E-state index in [-0.39, 0.29) is 23.5 Å². The Labute approximate surface area is 168 Å². The molecule has 8 nitrogen and oxygen atoms in total. The quantitative estimate of drug-likeness (QED) is 0.772. The molecule has 0 radical (unpaired) electrons. The van der Waals surface area contributed by atoms with E-state index < -0.39 is 11.2 Å². The number of H-pyrrole nitrogens is 1. The molecule has 2 aromatic heterocycles. The molecular weight excluding hydrogens is 370 g/mol. The van der Waals surface area contributed by atoms with Crippen LogP contribution >= 0.6 is 0 Å². The fraction of sp³-hybridized carbons (Fsp3) is 0.524. The summed E-state index contributed by atoms with van der Waals surface area (Å²) in [5, 5.41) is 17.2. The Morgan fingerprint density at radius 3 is 2.69 bits per heavy atom. The van der Waals surface area contributed by atoms with E-state index in [1.54, 1.807) is 6.20 Å². The van der Waals surface area contributed by atoms with E-state index in [2.05, 4.69) is 15.1 Å². The number of nitrogens with zero attached hydrogens (tertiary/aromatic N) is 4. The molecule has 0 aromatic carbocycles. The second-order valence-corrected chi connectivity index (χ2v) is 7.86. The Kier molecular flexibility index (Phi) is 5.78. The predicted molar refractivity (Wildman–Crippen MR) is 110 cm³/mol. The van der Waals surface area contributed by atoms with Gasteiger partial charge in [-0.2, -0.15) is 5.10 Å². The molecule has 0 amide bonds. The molecule has 2 aromatic rings. The molecule has 0 unspecified atom stereocenters. The van der Waals surface area contributed by atoms with Crippen molar-refractivity contribution in [2.45, 2.75) is 63.5 Å². The van der Waals surface area contributed by atoms with Crippen molar-refractivity contribution in [2.24, 2.45) is 5.10 Å². The molecule has 4 rings (SSSR count). The summed E-state index contributed by atoms with van der Waals surface area (Å²) < 4.78 is 1.33. The number of rotatable bonds is 4. The Hall–Kier alpha value is -2.90. The van der Waals surface area contributed by atoms with E-state index in [9.17, 15) is 14.7 Å². The summed E-state index contributed by atoms with van der Waals surface area (Å²) in [4.78, 5) is 31.3. The van der Waals surface area contributed by atoms with Crippen LogP contribution in [0, 0.1) is 0 Å². The molecule has 8 heteroatoms. The zero-order valence-electron chi connectivity index (χ0n) is 16.5. The maximum atomic E-state index is 12.4. The first-order chi connectivity index (χ1) is 14.1. The third-order valence-corrected chi connectivity index (χ3v) is 5.97. The highest BCUT2D eigenvalue weighted by atomic mass is 16.3. The van der Waals surface area contributed by atoms with E-state index in [1.165, 1.54) is 10.8 Å². The molecule has 154 valence electrons. The van der Waals surface area contributed by atoms with Crippen LogP contribution < -0.4 is 11.2 Å². The van der Waals surface area contributed by atoms with Gasteiger partial charge in [0, 0.05) is 25.0 Å². The number of nitrogens with one attached hydrogen (secondary N) is 1. The van der Waals surface area contributed by atoms with Gasteiger partial charge in [0.05, 0.1) is 12.3 Å². The van der Waals surface area contributed by atoms with Gasteiger partial charge in [-0.25, -0.2) is 4.79 Å². The second kappa shape index (κ2) is 8.63.